The van der Waals surface area contributed by atoms with E-state index < -0.39 is 0 Å². The van der Waals surface area contributed by atoms with Crippen LogP contribution < -0.4 is 0 Å². The molecule has 1 aromatic heterocycles. The Kier molecular flexibility index (Phi) is 4.74. The summed E-state index contributed by atoms with van der Waals surface area (Å²) in [7, 11) is 0. The maximum Gasteiger partial charge on any atom is 0.0855 e. The molecule has 2 rings (SSSR count). The molecule has 0 aliphatic carbocycles. The molecule has 0 radical (unpaired) electrons. The smallest absolute Gasteiger partial charge is 0.0855 e. The van der Waals surface area contributed by atoms with E-state index >= 15 is 0 Å². The maximum atomic E-state index is 6.47. The number of alkyl halides is 1. The second-order valence-electron chi connectivity index (χ2n) is 3.20. The molecule has 16 heavy (non-hydrogen) atoms. The monoisotopic (exact) mass is 490 g/mol. The van der Waals surface area contributed by atoms with Crippen molar-refractivity contribution in [3.05, 3.63) is 52.6 Å². The lowest BCUT2D eigenvalue weighted by Gasteiger charge is -2.09. The summed E-state index contributed by atoms with van der Waals surface area (Å²) >= 11 is 17.4. The molecule has 84 valence electrons. The van der Waals surface area contributed by atoms with Gasteiger partial charge in [-0.3, -0.25) is 0 Å². The van der Waals surface area contributed by atoms with Gasteiger partial charge in [-0.2, -0.15) is 0 Å². The second kappa shape index (κ2) is 5.69. The van der Waals surface area contributed by atoms with Crippen molar-refractivity contribution in [1.29, 1.82) is 0 Å². The molecule has 0 fully saturated rings. The van der Waals surface area contributed by atoms with Crippen LogP contribution in [0.2, 0.25) is 0 Å². The number of hydrogen-bond acceptors (Lipinski definition) is 1. The highest BCUT2D eigenvalue weighted by Gasteiger charge is 2.16. The number of rotatable bonds is 2. The Morgan fingerprint density at radius 1 is 1.25 bits per heavy atom. The summed E-state index contributed by atoms with van der Waals surface area (Å²) in [5.74, 6) is 0. The predicted octanol–water partition coefficient (Wildman–Crippen LogP) is 6.21. The fourth-order valence-electron chi connectivity index (χ4n) is 1.37. The van der Waals surface area contributed by atoms with Gasteiger partial charge < -0.3 is 0 Å². The van der Waals surface area contributed by atoms with E-state index in [0.29, 0.717) is 0 Å². The van der Waals surface area contributed by atoms with Crippen LogP contribution in [0, 0.1) is 3.57 Å². The molecule has 1 atom stereocenters. The number of thiophene rings is 1. The fourth-order valence-corrected chi connectivity index (χ4v) is 5.34. The molecule has 0 aliphatic rings. The zero-order valence-electron chi connectivity index (χ0n) is 7.88. The van der Waals surface area contributed by atoms with Crippen molar-refractivity contribution in [2.24, 2.45) is 0 Å². The van der Waals surface area contributed by atoms with Crippen molar-refractivity contribution in [3.63, 3.8) is 0 Å². The standard InChI is InChI=1S/C11H6Br2ClIS/c12-9-5-8(11(13)16-9)10(14)6-2-1-3-7(15)4-6/h1-5,10H. The van der Waals surface area contributed by atoms with Crippen LogP contribution in [0.5, 0.6) is 0 Å². The molecule has 1 aromatic carbocycles. The van der Waals surface area contributed by atoms with Gasteiger partial charge in [0.1, 0.15) is 0 Å². The van der Waals surface area contributed by atoms with E-state index in [1.807, 2.05) is 6.07 Å². The van der Waals surface area contributed by atoms with Crippen molar-refractivity contribution >= 4 is 77.4 Å². The molecular formula is C11H6Br2ClIS. The third kappa shape index (κ3) is 3.02. The molecule has 0 aliphatic heterocycles. The number of benzene rings is 1. The zero-order chi connectivity index (χ0) is 11.7. The molecule has 0 spiro atoms. The molecule has 1 heterocycles. The van der Waals surface area contributed by atoms with Gasteiger partial charge in [0.25, 0.3) is 0 Å². The third-order valence-corrected chi connectivity index (χ3v) is 5.64. The Hall–Kier alpha value is 0.900. The first kappa shape index (κ1) is 13.3. The molecule has 0 bridgehead atoms. The summed E-state index contributed by atoms with van der Waals surface area (Å²) in [5, 5.41) is -0.105. The van der Waals surface area contributed by atoms with Crippen molar-refractivity contribution in [2.75, 3.05) is 0 Å². The van der Waals surface area contributed by atoms with E-state index in [2.05, 4.69) is 78.7 Å². The Bertz CT molecular complexity index is 512. The van der Waals surface area contributed by atoms with Crippen LogP contribution in [-0.4, -0.2) is 0 Å². The van der Waals surface area contributed by atoms with Crippen LogP contribution in [0.1, 0.15) is 16.5 Å². The van der Waals surface area contributed by atoms with E-state index in [1.165, 1.54) is 3.57 Å². The Morgan fingerprint density at radius 3 is 2.56 bits per heavy atom. The first-order valence-corrected chi connectivity index (χ1v) is 8.34. The molecule has 0 N–H and O–H groups in total. The molecule has 1 unspecified atom stereocenters. The summed E-state index contributed by atoms with van der Waals surface area (Å²) in [6.07, 6.45) is 0. The average molecular weight is 492 g/mol. The number of hydrogen-bond donors (Lipinski definition) is 0. The maximum absolute atomic E-state index is 6.47. The van der Waals surface area contributed by atoms with Gasteiger partial charge in [0.2, 0.25) is 0 Å². The molecule has 0 saturated carbocycles. The minimum Gasteiger partial charge on any atom is -0.121 e. The quantitative estimate of drug-likeness (QED) is 0.346. The van der Waals surface area contributed by atoms with Crippen LogP contribution in [0.4, 0.5) is 0 Å². The number of halogens is 4. The lowest BCUT2D eigenvalue weighted by atomic mass is 10.1. The van der Waals surface area contributed by atoms with Gasteiger partial charge in [0.05, 0.1) is 12.9 Å². The highest BCUT2D eigenvalue weighted by molar-refractivity contribution is 14.1. The predicted molar refractivity (Wildman–Crippen MR) is 86.6 cm³/mol. The zero-order valence-corrected chi connectivity index (χ0v) is 14.8. The largest absolute Gasteiger partial charge is 0.121 e. The van der Waals surface area contributed by atoms with Crippen LogP contribution in [0.25, 0.3) is 0 Å². The highest BCUT2D eigenvalue weighted by Crippen LogP contribution is 2.40. The minimum atomic E-state index is -0.105. The van der Waals surface area contributed by atoms with Crippen LogP contribution in [0.15, 0.2) is 37.9 Å². The van der Waals surface area contributed by atoms with Gasteiger partial charge in [0, 0.05) is 9.13 Å². The molecule has 0 saturated heterocycles. The van der Waals surface area contributed by atoms with E-state index in [9.17, 15) is 0 Å². The van der Waals surface area contributed by atoms with Crippen LogP contribution >= 0.6 is 77.4 Å². The molecule has 5 heteroatoms. The van der Waals surface area contributed by atoms with Gasteiger partial charge in [-0.25, -0.2) is 0 Å². The first-order valence-electron chi connectivity index (χ1n) is 4.42. The first-order chi connectivity index (χ1) is 7.58. The van der Waals surface area contributed by atoms with Crippen molar-refractivity contribution in [1.82, 2.24) is 0 Å². The Labute approximate surface area is 134 Å². The summed E-state index contributed by atoms with van der Waals surface area (Å²) in [6.45, 7) is 0. The molecule has 0 amide bonds. The summed E-state index contributed by atoms with van der Waals surface area (Å²) in [5.41, 5.74) is 2.24. The fraction of sp³-hybridized carbons (Fsp3) is 0.0909. The lowest BCUT2D eigenvalue weighted by molar-refractivity contribution is 1.14. The van der Waals surface area contributed by atoms with Gasteiger partial charge in [-0.1, -0.05) is 12.1 Å². The van der Waals surface area contributed by atoms with Crippen LogP contribution in [-0.2, 0) is 0 Å². The van der Waals surface area contributed by atoms with Gasteiger partial charge in [0.15, 0.2) is 0 Å². The topological polar surface area (TPSA) is 0 Å². The average Bonchev–Trinajstić information content (AvgIpc) is 2.57. The summed E-state index contributed by atoms with van der Waals surface area (Å²) < 4.78 is 3.37. The van der Waals surface area contributed by atoms with Gasteiger partial charge in [-0.15, -0.1) is 22.9 Å². The molecular weight excluding hydrogens is 486 g/mol. The van der Waals surface area contributed by atoms with E-state index in [-0.39, 0.29) is 5.38 Å². The SMILES string of the molecule is ClC(c1cccc(I)c1)c1cc(Br)sc1Br. The van der Waals surface area contributed by atoms with E-state index in [4.69, 9.17) is 11.6 Å². The third-order valence-electron chi connectivity index (χ3n) is 2.10. The van der Waals surface area contributed by atoms with Crippen molar-refractivity contribution < 1.29 is 0 Å². The second-order valence-corrected chi connectivity index (χ2v) is 8.63. The van der Waals surface area contributed by atoms with Crippen LogP contribution in [0.3, 0.4) is 0 Å². The van der Waals surface area contributed by atoms with E-state index in [1.54, 1.807) is 11.3 Å². The normalized spacial score (nSPS) is 12.8. The Balaban J connectivity index is 2.38. The van der Waals surface area contributed by atoms with Gasteiger partial charge in [-0.05, 0) is 78.2 Å². The lowest BCUT2D eigenvalue weighted by Crippen LogP contribution is -1.92. The molecule has 2 aromatic rings. The molecule has 0 nitrogen and oxygen atoms in total. The van der Waals surface area contributed by atoms with Gasteiger partial charge >= 0.3 is 0 Å². The summed E-state index contributed by atoms with van der Waals surface area (Å²) in [6, 6.07) is 10.3. The summed E-state index contributed by atoms with van der Waals surface area (Å²) in [4.78, 5) is 0. The van der Waals surface area contributed by atoms with Crippen molar-refractivity contribution in [3.8, 4) is 0 Å². The highest BCUT2D eigenvalue weighted by atomic mass is 127. The van der Waals surface area contributed by atoms with E-state index in [0.717, 1.165) is 18.7 Å². The minimum absolute atomic E-state index is 0.105. The Morgan fingerprint density at radius 2 is 2.00 bits per heavy atom. The van der Waals surface area contributed by atoms with Crippen molar-refractivity contribution in [2.45, 2.75) is 5.38 Å².